The molecule has 0 aliphatic rings. The van der Waals surface area contributed by atoms with Crippen molar-refractivity contribution in [3.8, 4) is 11.5 Å². The normalized spacial score (nSPS) is 12.3. The predicted octanol–water partition coefficient (Wildman–Crippen LogP) is 5.16. The van der Waals surface area contributed by atoms with E-state index in [4.69, 9.17) is 21.1 Å². The van der Waals surface area contributed by atoms with Gasteiger partial charge in [-0.3, -0.25) is 0 Å². The van der Waals surface area contributed by atoms with E-state index in [0.29, 0.717) is 0 Å². The smallest absolute Gasteiger partial charge is 0.127 e. The molecule has 1 unspecified atom stereocenters. The van der Waals surface area contributed by atoms with E-state index in [1.807, 2.05) is 18.2 Å². The first-order valence-electron chi connectivity index (χ1n) is 5.68. The lowest BCUT2D eigenvalue weighted by Crippen LogP contribution is -1.97. The van der Waals surface area contributed by atoms with Crippen molar-refractivity contribution < 1.29 is 9.47 Å². The summed E-state index contributed by atoms with van der Waals surface area (Å²) >= 11 is 11.8. The number of aryl methyl sites for hydroxylation is 1. The zero-order valence-electron chi connectivity index (χ0n) is 10.9. The highest BCUT2D eigenvalue weighted by Crippen LogP contribution is 2.43. The van der Waals surface area contributed by atoms with Gasteiger partial charge in [0, 0.05) is 25.9 Å². The first-order valence-corrected chi connectivity index (χ1v) is 7.73. The third-order valence-electron chi connectivity index (χ3n) is 2.78. The van der Waals surface area contributed by atoms with E-state index in [1.165, 1.54) is 4.88 Å². The van der Waals surface area contributed by atoms with Crippen LogP contribution in [0.3, 0.4) is 0 Å². The Hall–Kier alpha value is -0.710. The van der Waals surface area contributed by atoms with Crippen molar-refractivity contribution in [3.05, 3.63) is 44.1 Å². The molecule has 2 rings (SSSR count). The van der Waals surface area contributed by atoms with Gasteiger partial charge in [0.25, 0.3) is 0 Å². The van der Waals surface area contributed by atoms with Crippen molar-refractivity contribution in [1.82, 2.24) is 0 Å². The molecule has 0 fully saturated rings. The molecule has 0 radical (unpaired) electrons. The third-order valence-corrected chi connectivity index (χ3v) is 5.40. The van der Waals surface area contributed by atoms with Gasteiger partial charge < -0.3 is 9.47 Å². The van der Waals surface area contributed by atoms with E-state index in [-0.39, 0.29) is 5.38 Å². The number of hydrogen-bond acceptors (Lipinski definition) is 3. The summed E-state index contributed by atoms with van der Waals surface area (Å²) in [6, 6.07) is 7.75. The second-order valence-corrected chi connectivity index (χ2v) is 6.62. The molecule has 0 amide bonds. The van der Waals surface area contributed by atoms with Gasteiger partial charge in [0.15, 0.2) is 0 Å². The molecule has 0 bridgehead atoms. The van der Waals surface area contributed by atoms with Crippen LogP contribution in [0.5, 0.6) is 11.5 Å². The molecule has 2 aromatic rings. The Morgan fingerprint density at radius 3 is 2.47 bits per heavy atom. The van der Waals surface area contributed by atoms with Crippen LogP contribution in [0.25, 0.3) is 0 Å². The Morgan fingerprint density at radius 1 is 1.21 bits per heavy atom. The fraction of sp³-hybridized carbons (Fsp3) is 0.286. The van der Waals surface area contributed by atoms with E-state index >= 15 is 0 Å². The predicted molar refractivity (Wildman–Crippen MR) is 84.0 cm³/mol. The summed E-state index contributed by atoms with van der Waals surface area (Å²) in [5, 5.41) is -0.242. The lowest BCUT2D eigenvalue weighted by Gasteiger charge is -2.14. The molecule has 0 aliphatic carbocycles. The number of ether oxygens (including phenoxy) is 2. The minimum Gasteiger partial charge on any atom is -0.497 e. The van der Waals surface area contributed by atoms with Gasteiger partial charge in [-0.15, -0.1) is 22.9 Å². The van der Waals surface area contributed by atoms with Crippen LogP contribution >= 0.6 is 38.9 Å². The Bertz CT molecular complexity index is 583. The van der Waals surface area contributed by atoms with E-state index in [9.17, 15) is 0 Å². The van der Waals surface area contributed by atoms with Gasteiger partial charge in [0.05, 0.1) is 19.6 Å². The summed E-state index contributed by atoms with van der Waals surface area (Å²) in [5.74, 6) is 1.49. The summed E-state index contributed by atoms with van der Waals surface area (Å²) in [6.45, 7) is 2.06. The Balaban J connectivity index is 2.43. The molecule has 1 atom stereocenters. The fourth-order valence-electron chi connectivity index (χ4n) is 1.84. The molecule has 19 heavy (non-hydrogen) atoms. The molecule has 0 aliphatic heterocycles. The highest BCUT2D eigenvalue weighted by Gasteiger charge is 2.20. The molecule has 0 saturated heterocycles. The summed E-state index contributed by atoms with van der Waals surface area (Å²) in [7, 11) is 3.27. The van der Waals surface area contributed by atoms with Crippen LogP contribution in [0.15, 0.2) is 28.7 Å². The van der Waals surface area contributed by atoms with Crippen molar-refractivity contribution in [2.45, 2.75) is 12.3 Å². The Morgan fingerprint density at radius 2 is 1.95 bits per heavy atom. The first kappa shape index (κ1) is 14.7. The van der Waals surface area contributed by atoms with Gasteiger partial charge in [0.1, 0.15) is 11.5 Å². The SMILES string of the molecule is COc1ccc(C(Cl)c2sc(C)cc2Br)c(OC)c1. The Labute approximate surface area is 130 Å². The zero-order valence-corrected chi connectivity index (χ0v) is 14.0. The van der Waals surface area contributed by atoms with E-state index < -0.39 is 0 Å². The van der Waals surface area contributed by atoms with Crippen LogP contribution in [0.1, 0.15) is 20.7 Å². The average Bonchev–Trinajstić information content (AvgIpc) is 2.76. The van der Waals surface area contributed by atoms with Gasteiger partial charge in [0.2, 0.25) is 0 Å². The number of benzene rings is 1. The van der Waals surface area contributed by atoms with Crippen LogP contribution in [0.4, 0.5) is 0 Å². The largest absolute Gasteiger partial charge is 0.497 e. The maximum Gasteiger partial charge on any atom is 0.127 e. The van der Waals surface area contributed by atoms with Crippen molar-refractivity contribution in [2.75, 3.05) is 14.2 Å². The highest BCUT2D eigenvalue weighted by atomic mass is 79.9. The molecule has 1 aromatic carbocycles. The lowest BCUT2D eigenvalue weighted by atomic mass is 10.1. The first-order chi connectivity index (χ1) is 9.06. The summed E-state index contributed by atoms with van der Waals surface area (Å²) < 4.78 is 11.6. The van der Waals surface area contributed by atoms with E-state index in [2.05, 4.69) is 28.9 Å². The third kappa shape index (κ3) is 3.07. The van der Waals surface area contributed by atoms with Crippen molar-refractivity contribution in [1.29, 1.82) is 0 Å². The molecular formula is C14H14BrClO2S. The van der Waals surface area contributed by atoms with Crippen LogP contribution in [-0.4, -0.2) is 14.2 Å². The van der Waals surface area contributed by atoms with Gasteiger partial charge in [-0.2, -0.15) is 0 Å². The molecule has 1 aromatic heterocycles. The van der Waals surface area contributed by atoms with Crippen LogP contribution in [0, 0.1) is 6.92 Å². The van der Waals surface area contributed by atoms with E-state index in [1.54, 1.807) is 25.6 Å². The minimum absolute atomic E-state index is 0.242. The number of alkyl halides is 1. The number of methoxy groups -OCH3 is 2. The molecule has 102 valence electrons. The molecule has 5 heteroatoms. The zero-order chi connectivity index (χ0) is 14.0. The van der Waals surface area contributed by atoms with Gasteiger partial charge in [-0.1, -0.05) is 0 Å². The van der Waals surface area contributed by atoms with Gasteiger partial charge in [-0.25, -0.2) is 0 Å². The van der Waals surface area contributed by atoms with Gasteiger partial charge in [-0.05, 0) is 41.1 Å². The molecule has 0 saturated carbocycles. The minimum atomic E-state index is -0.242. The van der Waals surface area contributed by atoms with Gasteiger partial charge >= 0.3 is 0 Å². The maximum absolute atomic E-state index is 6.59. The highest BCUT2D eigenvalue weighted by molar-refractivity contribution is 9.10. The molecular weight excluding hydrogens is 348 g/mol. The monoisotopic (exact) mass is 360 g/mol. The number of thiophene rings is 1. The van der Waals surface area contributed by atoms with E-state index in [0.717, 1.165) is 26.4 Å². The number of hydrogen-bond donors (Lipinski definition) is 0. The number of halogens is 2. The topological polar surface area (TPSA) is 18.5 Å². The molecule has 1 heterocycles. The fourth-order valence-corrected chi connectivity index (χ4v) is 4.28. The van der Waals surface area contributed by atoms with Crippen LogP contribution < -0.4 is 9.47 Å². The van der Waals surface area contributed by atoms with Crippen molar-refractivity contribution in [2.24, 2.45) is 0 Å². The Kier molecular flexibility index (Phi) is 4.76. The molecule has 0 N–H and O–H groups in total. The second kappa shape index (κ2) is 6.16. The summed E-state index contributed by atoms with van der Waals surface area (Å²) in [6.07, 6.45) is 0. The second-order valence-electron chi connectivity index (χ2n) is 4.04. The van der Waals surface area contributed by atoms with Crippen LogP contribution in [0.2, 0.25) is 0 Å². The quantitative estimate of drug-likeness (QED) is 0.700. The average molecular weight is 362 g/mol. The maximum atomic E-state index is 6.59. The van der Waals surface area contributed by atoms with Crippen LogP contribution in [-0.2, 0) is 0 Å². The molecule has 2 nitrogen and oxygen atoms in total. The lowest BCUT2D eigenvalue weighted by molar-refractivity contribution is 0.391. The molecule has 0 spiro atoms. The number of rotatable bonds is 4. The standard InChI is InChI=1S/C14H14BrClO2S/c1-8-6-11(15)14(19-8)13(16)10-5-4-9(17-2)7-12(10)18-3/h4-7,13H,1-3H3. The van der Waals surface area contributed by atoms with Crippen molar-refractivity contribution >= 4 is 38.9 Å². The van der Waals surface area contributed by atoms with Crippen molar-refractivity contribution in [3.63, 3.8) is 0 Å². The summed E-state index contributed by atoms with van der Waals surface area (Å²) in [5.41, 5.74) is 0.938. The summed E-state index contributed by atoms with van der Waals surface area (Å²) in [4.78, 5) is 2.31.